The van der Waals surface area contributed by atoms with Crippen LogP contribution in [0.25, 0.3) is 0 Å². The van der Waals surface area contributed by atoms with Crippen LogP contribution < -0.4 is 4.31 Å². The molecule has 1 atom stereocenters. The number of aliphatic hydroxyl groups excluding tert-OH is 1. The Morgan fingerprint density at radius 2 is 1.71 bits per heavy atom. The van der Waals surface area contributed by atoms with Crippen molar-refractivity contribution in [1.82, 2.24) is 0 Å². The van der Waals surface area contributed by atoms with E-state index in [0.29, 0.717) is 23.4 Å². The zero-order valence-electron chi connectivity index (χ0n) is 16.8. The molecule has 164 valence electrons. The predicted octanol–water partition coefficient (Wildman–Crippen LogP) is 5.50. The Labute approximate surface area is 185 Å². The summed E-state index contributed by atoms with van der Waals surface area (Å²) in [6, 6.07) is 14.5. The van der Waals surface area contributed by atoms with Crippen LogP contribution >= 0.6 is 11.6 Å². The molecule has 0 aliphatic heterocycles. The summed E-state index contributed by atoms with van der Waals surface area (Å²) in [5.41, 5.74) is 1.06. The van der Waals surface area contributed by atoms with E-state index in [0.717, 1.165) is 28.1 Å². The Balaban J connectivity index is 2.20. The highest BCUT2D eigenvalue weighted by molar-refractivity contribution is 7.92. The molecule has 1 N–H and O–H groups in total. The van der Waals surface area contributed by atoms with Crippen LogP contribution in [-0.4, -0.2) is 20.1 Å². The summed E-state index contributed by atoms with van der Waals surface area (Å²) in [5.74, 6) is -1.62. The number of halogens is 3. The van der Waals surface area contributed by atoms with E-state index in [9.17, 15) is 22.3 Å². The largest absolute Gasteiger partial charge is 0.396 e. The van der Waals surface area contributed by atoms with Gasteiger partial charge in [0.05, 0.1) is 16.6 Å². The van der Waals surface area contributed by atoms with Gasteiger partial charge in [-0.3, -0.25) is 4.31 Å². The first-order valence-electron chi connectivity index (χ1n) is 9.69. The van der Waals surface area contributed by atoms with Gasteiger partial charge in [0.2, 0.25) is 0 Å². The third-order valence-electron chi connectivity index (χ3n) is 4.98. The highest BCUT2D eigenvalue weighted by atomic mass is 35.5. The first-order chi connectivity index (χ1) is 14.8. The minimum atomic E-state index is -4.28. The van der Waals surface area contributed by atoms with Gasteiger partial charge in [-0.05, 0) is 67.3 Å². The van der Waals surface area contributed by atoms with Crippen LogP contribution in [0, 0.1) is 11.6 Å². The second-order valence-corrected chi connectivity index (χ2v) is 9.30. The molecule has 0 spiro atoms. The van der Waals surface area contributed by atoms with E-state index in [4.69, 9.17) is 11.6 Å². The number of nitrogens with zero attached hydrogens (tertiary/aromatic N) is 1. The normalized spacial score (nSPS) is 12.5. The molecule has 31 heavy (non-hydrogen) atoms. The van der Waals surface area contributed by atoms with E-state index in [1.54, 1.807) is 19.1 Å². The average molecular weight is 466 g/mol. The molecule has 0 saturated carbocycles. The monoisotopic (exact) mass is 465 g/mol. The zero-order chi connectivity index (χ0) is 22.6. The highest BCUT2D eigenvalue weighted by Gasteiger charge is 2.33. The molecule has 0 amide bonds. The van der Waals surface area contributed by atoms with E-state index in [1.807, 2.05) is 12.1 Å². The first kappa shape index (κ1) is 23.2. The number of hydrogen-bond donors (Lipinski definition) is 1. The highest BCUT2D eigenvalue weighted by Crippen LogP contribution is 2.36. The van der Waals surface area contributed by atoms with Gasteiger partial charge in [0, 0.05) is 17.7 Å². The Morgan fingerprint density at radius 1 is 1.03 bits per heavy atom. The lowest BCUT2D eigenvalue weighted by Gasteiger charge is -2.32. The molecule has 0 unspecified atom stereocenters. The minimum Gasteiger partial charge on any atom is -0.396 e. The quantitative estimate of drug-likeness (QED) is 0.478. The van der Waals surface area contributed by atoms with Crippen LogP contribution in [-0.2, 0) is 16.4 Å². The zero-order valence-corrected chi connectivity index (χ0v) is 18.4. The second kappa shape index (κ2) is 9.77. The van der Waals surface area contributed by atoms with Gasteiger partial charge in [0.15, 0.2) is 0 Å². The molecule has 0 saturated heterocycles. The molecule has 8 heteroatoms. The van der Waals surface area contributed by atoms with E-state index < -0.39 is 27.7 Å². The Morgan fingerprint density at radius 3 is 2.39 bits per heavy atom. The molecule has 0 heterocycles. The van der Waals surface area contributed by atoms with E-state index in [2.05, 4.69) is 0 Å². The number of rotatable bonds is 8. The Hall–Kier alpha value is -2.48. The molecule has 0 fully saturated rings. The van der Waals surface area contributed by atoms with Crippen LogP contribution in [0.4, 0.5) is 14.5 Å². The van der Waals surface area contributed by atoms with Gasteiger partial charge in [-0.1, -0.05) is 35.9 Å². The average Bonchev–Trinajstić information content (AvgIpc) is 2.75. The molecule has 0 aliphatic carbocycles. The fourth-order valence-corrected chi connectivity index (χ4v) is 5.25. The number of hydrogen-bond acceptors (Lipinski definition) is 3. The maximum absolute atomic E-state index is 14.8. The molecule has 3 aromatic rings. The van der Waals surface area contributed by atoms with Crippen LogP contribution in [0.2, 0.25) is 5.02 Å². The Kier molecular flexibility index (Phi) is 7.30. The minimum absolute atomic E-state index is 0.0198. The van der Waals surface area contributed by atoms with Crippen molar-refractivity contribution in [3.05, 3.63) is 94.5 Å². The van der Waals surface area contributed by atoms with Gasteiger partial charge in [-0.2, -0.15) is 0 Å². The summed E-state index contributed by atoms with van der Waals surface area (Å²) >= 11 is 5.89. The molecule has 3 rings (SSSR count). The van der Waals surface area contributed by atoms with Gasteiger partial charge < -0.3 is 5.11 Å². The van der Waals surface area contributed by atoms with Gasteiger partial charge in [0.25, 0.3) is 10.0 Å². The summed E-state index contributed by atoms with van der Waals surface area (Å²) in [4.78, 5) is -0.0970. The van der Waals surface area contributed by atoms with Crippen molar-refractivity contribution < 1.29 is 22.3 Å². The third-order valence-corrected chi connectivity index (χ3v) is 7.13. The van der Waals surface area contributed by atoms with Gasteiger partial charge in [-0.15, -0.1) is 0 Å². The number of anilines is 1. The standard InChI is InChI=1S/C23H22ClF2NO3S/c1-16(21-7-3-2-5-17(21)6-4-14-28)27(23-15-19(25)10-13-22(23)26)31(29,30)20-11-8-18(24)9-12-20/h2-3,5,7-13,15-16,28H,4,6,14H2,1H3/t16-/m1/s1. The molecule has 0 aromatic heterocycles. The number of aliphatic hydroxyl groups is 1. The molecule has 0 radical (unpaired) electrons. The smallest absolute Gasteiger partial charge is 0.264 e. The fourth-order valence-electron chi connectivity index (χ4n) is 3.49. The number of sulfonamides is 1. The van der Waals surface area contributed by atoms with Crippen molar-refractivity contribution in [2.75, 3.05) is 10.9 Å². The van der Waals surface area contributed by atoms with Crippen molar-refractivity contribution >= 4 is 27.3 Å². The number of benzene rings is 3. The topological polar surface area (TPSA) is 57.6 Å². The third kappa shape index (κ3) is 5.06. The predicted molar refractivity (Wildman–Crippen MR) is 118 cm³/mol. The Bertz CT molecular complexity index is 1150. The fraction of sp³-hybridized carbons (Fsp3) is 0.217. The summed E-state index contributed by atoms with van der Waals surface area (Å²) in [6.45, 7) is 1.60. The maximum Gasteiger partial charge on any atom is 0.264 e. The van der Waals surface area contributed by atoms with E-state index >= 15 is 0 Å². The summed E-state index contributed by atoms with van der Waals surface area (Å²) in [5, 5.41) is 9.55. The van der Waals surface area contributed by atoms with E-state index in [1.165, 1.54) is 24.3 Å². The van der Waals surface area contributed by atoms with Crippen LogP contribution in [0.1, 0.15) is 30.5 Å². The molecule has 3 aromatic carbocycles. The summed E-state index contributed by atoms with van der Waals surface area (Å²) in [6.07, 6.45) is 0.999. The van der Waals surface area contributed by atoms with Gasteiger partial charge >= 0.3 is 0 Å². The van der Waals surface area contributed by atoms with Crippen molar-refractivity contribution in [1.29, 1.82) is 0 Å². The van der Waals surface area contributed by atoms with Crippen LogP contribution in [0.15, 0.2) is 71.6 Å². The van der Waals surface area contributed by atoms with Crippen molar-refractivity contribution in [3.63, 3.8) is 0 Å². The van der Waals surface area contributed by atoms with Crippen molar-refractivity contribution in [2.24, 2.45) is 0 Å². The van der Waals surface area contributed by atoms with Crippen LogP contribution in [0.5, 0.6) is 0 Å². The molecular formula is C23H22ClF2NO3S. The second-order valence-electron chi connectivity index (χ2n) is 7.05. The molecular weight excluding hydrogens is 444 g/mol. The number of aryl methyl sites for hydroxylation is 1. The maximum atomic E-state index is 14.8. The molecule has 4 nitrogen and oxygen atoms in total. The SMILES string of the molecule is C[C@H](c1ccccc1CCCO)N(c1cc(F)ccc1F)S(=O)(=O)c1ccc(Cl)cc1. The molecule has 0 bridgehead atoms. The van der Waals surface area contributed by atoms with E-state index in [-0.39, 0.29) is 17.2 Å². The van der Waals surface area contributed by atoms with Crippen molar-refractivity contribution in [2.45, 2.75) is 30.7 Å². The van der Waals surface area contributed by atoms with Gasteiger partial charge in [0.1, 0.15) is 11.6 Å². The first-order valence-corrected chi connectivity index (χ1v) is 11.5. The van der Waals surface area contributed by atoms with Gasteiger partial charge in [-0.25, -0.2) is 17.2 Å². The lowest BCUT2D eigenvalue weighted by molar-refractivity contribution is 0.288. The lowest BCUT2D eigenvalue weighted by Crippen LogP contribution is -2.35. The summed E-state index contributed by atoms with van der Waals surface area (Å²) < 4.78 is 56.9. The molecule has 0 aliphatic rings. The van der Waals surface area contributed by atoms with Crippen molar-refractivity contribution in [3.8, 4) is 0 Å². The van der Waals surface area contributed by atoms with Crippen LogP contribution in [0.3, 0.4) is 0 Å². The lowest BCUT2D eigenvalue weighted by atomic mass is 9.97. The summed E-state index contributed by atoms with van der Waals surface area (Å²) in [7, 11) is -4.28.